The maximum atomic E-state index is 8.78. The summed E-state index contributed by atoms with van der Waals surface area (Å²) in [6, 6.07) is 4.29. The quantitative estimate of drug-likeness (QED) is 0.485. The Morgan fingerprint density at radius 3 is 1.82 bits per heavy atom. The zero-order valence-electron chi connectivity index (χ0n) is 10.9. The number of hydrogen-bond acceptors (Lipinski definition) is 3. The lowest BCUT2D eigenvalue weighted by molar-refractivity contribution is 0.171. The van der Waals surface area contributed by atoms with E-state index in [0.29, 0.717) is 13.1 Å². The summed E-state index contributed by atoms with van der Waals surface area (Å²) in [4.78, 5) is 1.95. The van der Waals surface area contributed by atoms with Gasteiger partial charge in [0.25, 0.3) is 0 Å². The lowest BCUT2D eigenvalue weighted by Gasteiger charge is -2.35. The first kappa shape index (κ1) is 16.4. The second-order valence-electron chi connectivity index (χ2n) is 4.60. The summed E-state index contributed by atoms with van der Waals surface area (Å²) in [5.41, 5.74) is 0.206. The fraction of sp³-hybridized carbons (Fsp3) is 0.846. The van der Waals surface area contributed by atoms with Crippen LogP contribution in [0.3, 0.4) is 0 Å². The van der Waals surface area contributed by atoms with E-state index < -0.39 is 0 Å². The van der Waals surface area contributed by atoms with Gasteiger partial charge in [0.2, 0.25) is 0 Å². The molecule has 17 heavy (non-hydrogen) atoms. The predicted octanol–water partition coefficient (Wildman–Crippen LogP) is 3.32. The van der Waals surface area contributed by atoms with Gasteiger partial charge in [-0.3, -0.25) is 4.90 Å². The molecule has 3 nitrogen and oxygen atoms in total. The van der Waals surface area contributed by atoms with Crippen LogP contribution in [0.5, 0.6) is 0 Å². The number of hydrogen-bond donors (Lipinski definition) is 0. The molecule has 4 heteroatoms. The minimum atomic E-state index is 0.206. The second kappa shape index (κ2) is 9.45. The Morgan fingerprint density at radius 2 is 1.53 bits per heavy atom. The molecule has 0 aliphatic rings. The molecule has 0 fully saturated rings. The lowest BCUT2D eigenvalue weighted by atomic mass is 9.80. The molecule has 0 aliphatic carbocycles. The first-order valence-electron chi connectivity index (χ1n) is 6.20. The van der Waals surface area contributed by atoms with Gasteiger partial charge in [0.15, 0.2) is 0 Å². The fourth-order valence-electron chi connectivity index (χ4n) is 2.36. The van der Waals surface area contributed by atoms with Crippen molar-refractivity contribution in [1.82, 2.24) is 4.90 Å². The van der Waals surface area contributed by atoms with Crippen molar-refractivity contribution in [2.45, 2.75) is 39.5 Å². The molecule has 0 saturated heterocycles. The predicted molar refractivity (Wildman–Crippen MR) is 73.7 cm³/mol. The maximum Gasteiger partial charge on any atom is 0.0874 e. The van der Waals surface area contributed by atoms with Crippen LogP contribution >= 0.6 is 15.9 Å². The number of rotatable bonds is 9. The molecule has 0 rings (SSSR count). The van der Waals surface area contributed by atoms with Gasteiger partial charge in [0.1, 0.15) is 0 Å². The molecule has 0 bridgehead atoms. The number of alkyl halides is 1. The van der Waals surface area contributed by atoms with Crippen LogP contribution in [0.2, 0.25) is 0 Å². The van der Waals surface area contributed by atoms with Crippen molar-refractivity contribution in [3.8, 4) is 12.1 Å². The Kier molecular flexibility index (Phi) is 9.13. The van der Waals surface area contributed by atoms with Gasteiger partial charge >= 0.3 is 0 Å². The van der Waals surface area contributed by atoms with Gasteiger partial charge in [-0.15, -0.1) is 0 Å². The highest BCUT2D eigenvalue weighted by Crippen LogP contribution is 2.33. The highest BCUT2D eigenvalue weighted by Gasteiger charge is 2.29. The molecule has 0 aromatic carbocycles. The molecule has 0 saturated carbocycles. The molecule has 0 aliphatic heterocycles. The Morgan fingerprint density at radius 1 is 1.06 bits per heavy atom. The molecule has 0 unspecified atom stereocenters. The third-order valence-corrected chi connectivity index (χ3v) is 4.18. The van der Waals surface area contributed by atoms with E-state index >= 15 is 0 Å². The van der Waals surface area contributed by atoms with Crippen LogP contribution in [0.15, 0.2) is 0 Å². The first-order valence-corrected chi connectivity index (χ1v) is 7.32. The zero-order valence-corrected chi connectivity index (χ0v) is 12.5. The third kappa shape index (κ3) is 6.05. The molecule has 96 valence electrons. The average Bonchev–Trinajstić information content (AvgIpc) is 2.30. The first-order chi connectivity index (χ1) is 8.17. The molecule has 0 spiro atoms. The molecular weight excluding hydrogens is 278 g/mol. The number of halogens is 1. The summed E-state index contributed by atoms with van der Waals surface area (Å²) in [5, 5.41) is 18.5. The van der Waals surface area contributed by atoms with Crippen LogP contribution in [-0.2, 0) is 0 Å². The van der Waals surface area contributed by atoms with Crippen molar-refractivity contribution >= 4 is 15.9 Å². The lowest BCUT2D eigenvalue weighted by Crippen LogP contribution is -2.39. The van der Waals surface area contributed by atoms with Crippen molar-refractivity contribution in [1.29, 1.82) is 10.5 Å². The van der Waals surface area contributed by atoms with Crippen molar-refractivity contribution in [2.24, 2.45) is 5.41 Å². The molecule has 0 heterocycles. The standard InChI is InChI=1S/C13H22BrN3/c1-3-5-13(11-14,6-4-2)12-17(9-7-15)10-8-16/h3-6,9-12H2,1-2H3. The van der Waals surface area contributed by atoms with Gasteiger partial charge < -0.3 is 0 Å². The Balaban J connectivity index is 4.67. The van der Waals surface area contributed by atoms with Crippen LogP contribution in [0.25, 0.3) is 0 Å². The molecule has 0 N–H and O–H groups in total. The summed E-state index contributed by atoms with van der Waals surface area (Å²) in [6.45, 7) is 5.89. The van der Waals surface area contributed by atoms with E-state index in [0.717, 1.165) is 37.6 Å². The van der Waals surface area contributed by atoms with Gasteiger partial charge in [0, 0.05) is 11.9 Å². The zero-order chi connectivity index (χ0) is 13.1. The van der Waals surface area contributed by atoms with Gasteiger partial charge in [-0.05, 0) is 18.3 Å². The molecular formula is C13H22BrN3. The summed E-state index contributed by atoms with van der Waals surface area (Å²) >= 11 is 3.61. The summed E-state index contributed by atoms with van der Waals surface area (Å²) < 4.78 is 0. The van der Waals surface area contributed by atoms with E-state index in [4.69, 9.17) is 10.5 Å². The van der Waals surface area contributed by atoms with Crippen molar-refractivity contribution in [2.75, 3.05) is 25.0 Å². The van der Waals surface area contributed by atoms with E-state index in [1.807, 2.05) is 4.90 Å². The highest BCUT2D eigenvalue weighted by atomic mass is 79.9. The third-order valence-electron chi connectivity index (χ3n) is 2.99. The van der Waals surface area contributed by atoms with Crippen LogP contribution < -0.4 is 0 Å². The minimum Gasteiger partial charge on any atom is -0.277 e. The van der Waals surface area contributed by atoms with E-state index in [-0.39, 0.29) is 5.41 Å². The average molecular weight is 300 g/mol. The molecule has 0 aromatic heterocycles. The van der Waals surface area contributed by atoms with Gasteiger partial charge in [0.05, 0.1) is 25.2 Å². The maximum absolute atomic E-state index is 8.78. The van der Waals surface area contributed by atoms with Crippen LogP contribution in [-0.4, -0.2) is 29.9 Å². The normalized spacial score (nSPS) is 11.2. The summed E-state index contributed by atoms with van der Waals surface area (Å²) in [6.07, 6.45) is 4.55. The summed E-state index contributed by atoms with van der Waals surface area (Å²) in [7, 11) is 0. The van der Waals surface area contributed by atoms with E-state index in [1.165, 1.54) is 0 Å². The largest absolute Gasteiger partial charge is 0.277 e. The number of nitrogens with zero attached hydrogens (tertiary/aromatic N) is 3. The Bertz CT molecular complexity index is 255. The van der Waals surface area contributed by atoms with E-state index in [2.05, 4.69) is 41.9 Å². The SMILES string of the molecule is CCCC(CBr)(CCC)CN(CC#N)CC#N. The molecule has 0 aromatic rings. The molecule has 0 radical (unpaired) electrons. The van der Waals surface area contributed by atoms with E-state index in [1.54, 1.807) is 0 Å². The van der Waals surface area contributed by atoms with Crippen molar-refractivity contribution in [3.63, 3.8) is 0 Å². The molecule has 0 atom stereocenters. The van der Waals surface area contributed by atoms with Crippen LogP contribution in [0.4, 0.5) is 0 Å². The van der Waals surface area contributed by atoms with E-state index in [9.17, 15) is 0 Å². The van der Waals surface area contributed by atoms with Crippen molar-refractivity contribution in [3.05, 3.63) is 0 Å². The number of nitriles is 2. The molecule has 0 amide bonds. The van der Waals surface area contributed by atoms with Gasteiger partial charge in [-0.1, -0.05) is 42.6 Å². The van der Waals surface area contributed by atoms with Crippen LogP contribution in [0.1, 0.15) is 39.5 Å². The monoisotopic (exact) mass is 299 g/mol. The van der Waals surface area contributed by atoms with Gasteiger partial charge in [-0.2, -0.15) is 10.5 Å². The Labute approximate surface area is 114 Å². The summed E-state index contributed by atoms with van der Waals surface area (Å²) in [5.74, 6) is 0. The second-order valence-corrected chi connectivity index (χ2v) is 5.16. The fourth-order valence-corrected chi connectivity index (χ4v) is 3.10. The Hall–Kier alpha value is -0.580. The van der Waals surface area contributed by atoms with Crippen LogP contribution in [0, 0.1) is 28.1 Å². The minimum absolute atomic E-state index is 0.206. The van der Waals surface area contributed by atoms with Gasteiger partial charge in [-0.25, -0.2) is 0 Å². The smallest absolute Gasteiger partial charge is 0.0874 e. The highest BCUT2D eigenvalue weighted by molar-refractivity contribution is 9.09. The van der Waals surface area contributed by atoms with Crippen molar-refractivity contribution < 1.29 is 0 Å². The topological polar surface area (TPSA) is 50.8 Å².